The minimum absolute atomic E-state index is 0.0359. The highest BCUT2D eigenvalue weighted by atomic mass is 32.1. The summed E-state index contributed by atoms with van der Waals surface area (Å²) in [5.74, 6) is -0.981. The van der Waals surface area contributed by atoms with Gasteiger partial charge in [-0.25, -0.2) is 18.6 Å². The van der Waals surface area contributed by atoms with Crippen molar-refractivity contribution >= 4 is 49.5 Å². The number of anilines is 2. The lowest BCUT2D eigenvalue weighted by Gasteiger charge is -2.34. The number of rotatable bonds is 5. The van der Waals surface area contributed by atoms with E-state index in [0.29, 0.717) is 31.7 Å². The van der Waals surface area contributed by atoms with Crippen LogP contribution in [0, 0.1) is 11.6 Å². The minimum Gasteiger partial charge on any atom is -0.467 e. The number of carbonyl (C=O) groups excluding carboxylic acids is 1. The van der Waals surface area contributed by atoms with Crippen molar-refractivity contribution in [3.63, 3.8) is 0 Å². The third-order valence-electron chi connectivity index (χ3n) is 7.93. The van der Waals surface area contributed by atoms with E-state index >= 15 is 8.78 Å². The second-order valence-electron chi connectivity index (χ2n) is 12.3. The lowest BCUT2D eigenvalue weighted by atomic mass is 10.1. The zero-order valence-electron chi connectivity index (χ0n) is 24.2. The Labute approximate surface area is 249 Å². The van der Waals surface area contributed by atoms with E-state index < -0.39 is 28.9 Å². The van der Waals surface area contributed by atoms with Gasteiger partial charge in [0.15, 0.2) is 10.9 Å². The number of nitrogens with zero attached hydrogens (tertiary/aromatic N) is 5. The molecule has 3 aliphatic rings. The summed E-state index contributed by atoms with van der Waals surface area (Å²) in [6, 6.07) is 2.83. The molecule has 2 unspecified atom stereocenters. The van der Waals surface area contributed by atoms with E-state index in [4.69, 9.17) is 9.47 Å². The van der Waals surface area contributed by atoms with Crippen LogP contribution >= 0.6 is 11.3 Å². The predicted octanol–water partition coefficient (Wildman–Crippen LogP) is 4.98. The van der Waals surface area contributed by atoms with Crippen LogP contribution in [0.25, 0.3) is 32.4 Å². The Balaban J connectivity index is 1.43. The van der Waals surface area contributed by atoms with Crippen LogP contribution in [-0.2, 0) is 4.74 Å². The Morgan fingerprint density at radius 2 is 1.79 bits per heavy atom. The Kier molecular flexibility index (Phi) is 6.54. The van der Waals surface area contributed by atoms with Gasteiger partial charge in [-0.05, 0) is 58.6 Å². The predicted molar refractivity (Wildman–Crippen MR) is 159 cm³/mol. The summed E-state index contributed by atoms with van der Waals surface area (Å²) >= 11 is 0.898. The molecular formula is C29H31F2N7O4S. The first-order chi connectivity index (χ1) is 20.5. The second kappa shape index (κ2) is 10.1. The van der Waals surface area contributed by atoms with Gasteiger partial charge >= 0.3 is 12.1 Å². The number of hydrogen-bond acceptors (Lipinski definition) is 10. The standard InChI is InChI=1S/C29H31F2N7O4S/c1-29(2,3)42-28(40)36-27-34-20-16(9-10-17(30)23(20)43-27)22-19(31)21-18(25(39)38(22)15-7-8-15)24(35-26(33-21)41-4)37-11-13-5-6-14(12-37)32-13/h9-10,13-15,32H,5-8,11-12H2,1-4H3,(H,34,36,40). The number of aromatic nitrogens is 4. The van der Waals surface area contributed by atoms with Gasteiger partial charge in [-0.3, -0.25) is 10.1 Å². The van der Waals surface area contributed by atoms with Gasteiger partial charge in [-0.2, -0.15) is 9.97 Å². The summed E-state index contributed by atoms with van der Waals surface area (Å²) in [5.41, 5.74) is -1.04. The summed E-state index contributed by atoms with van der Waals surface area (Å²) in [6.45, 7) is 6.42. The Bertz CT molecular complexity index is 1840. The van der Waals surface area contributed by atoms with Crippen molar-refractivity contribution in [2.45, 2.75) is 70.2 Å². The molecule has 5 heterocycles. The lowest BCUT2D eigenvalue weighted by molar-refractivity contribution is 0.0636. The van der Waals surface area contributed by atoms with Crippen molar-refractivity contribution in [2.75, 3.05) is 30.4 Å². The van der Waals surface area contributed by atoms with Crippen molar-refractivity contribution in [3.05, 3.63) is 34.1 Å². The van der Waals surface area contributed by atoms with E-state index in [-0.39, 0.29) is 61.6 Å². The number of benzene rings is 1. The van der Waals surface area contributed by atoms with Crippen molar-refractivity contribution in [2.24, 2.45) is 0 Å². The van der Waals surface area contributed by atoms with Gasteiger partial charge in [-0.15, -0.1) is 0 Å². The molecule has 2 bridgehead atoms. The van der Waals surface area contributed by atoms with Gasteiger partial charge < -0.3 is 24.3 Å². The number of pyridine rings is 1. The number of nitrogens with one attached hydrogen (secondary N) is 2. The first kappa shape index (κ1) is 27.9. The molecule has 0 spiro atoms. The average molecular weight is 612 g/mol. The fraction of sp³-hybridized carbons (Fsp3) is 0.483. The number of methoxy groups -OCH3 is 1. The number of amides is 1. The Hall–Kier alpha value is -3.91. The quantitative estimate of drug-likeness (QED) is 0.322. The maximum absolute atomic E-state index is 16.9. The van der Waals surface area contributed by atoms with Gasteiger partial charge in [-0.1, -0.05) is 11.3 Å². The van der Waals surface area contributed by atoms with E-state index in [9.17, 15) is 9.59 Å². The fourth-order valence-electron chi connectivity index (χ4n) is 6.05. The normalized spacial score (nSPS) is 20.2. The van der Waals surface area contributed by atoms with Gasteiger partial charge in [0.1, 0.15) is 28.1 Å². The van der Waals surface area contributed by atoms with Crippen molar-refractivity contribution in [1.82, 2.24) is 24.8 Å². The van der Waals surface area contributed by atoms with Crippen LogP contribution in [0.3, 0.4) is 0 Å². The number of carbonyl (C=O) groups is 1. The first-order valence-electron chi connectivity index (χ1n) is 14.3. The molecule has 1 saturated carbocycles. The molecule has 2 N–H and O–H groups in total. The molecule has 7 rings (SSSR count). The van der Waals surface area contributed by atoms with Crippen molar-refractivity contribution < 1.29 is 23.0 Å². The number of fused-ring (bicyclic) bond motifs is 4. The summed E-state index contributed by atoms with van der Waals surface area (Å²) < 4.78 is 44.2. The number of ether oxygens (including phenoxy) is 2. The highest BCUT2D eigenvalue weighted by Crippen LogP contribution is 2.43. The zero-order valence-corrected chi connectivity index (χ0v) is 25.0. The summed E-state index contributed by atoms with van der Waals surface area (Å²) in [5, 5.41) is 6.28. The summed E-state index contributed by atoms with van der Waals surface area (Å²) in [7, 11) is 1.40. The maximum Gasteiger partial charge on any atom is 0.413 e. The largest absolute Gasteiger partial charge is 0.467 e. The monoisotopic (exact) mass is 611 g/mol. The molecule has 2 saturated heterocycles. The molecule has 1 aromatic carbocycles. The number of piperazine rings is 1. The molecule has 43 heavy (non-hydrogen) atoms. The zero-order chi connectivity index (χ0) is 30.2. The van der Waals surface area contributed by atoms with Crippen LogP contribution in [0.2, 0.25) is 0 Å². The molecule has 1 aliphatic carbocycles. The molecular weight excluding hydrogens is 580 g/mol. The van der Waals surface area contributed by atoms with E-state index in [1.807, 2.05) is 4.90 Å². The molecule has 14 heteroatoms. The van der Waals surface area contributed by atoms with Gasteiger partial charge in [0.05, 0.1) is 23.0 Å². The SMILES string of the molecule is COc1nc(N2CC3CCC(C2)N3)c2c(=O)n(C3CC3)c(-c3ccc(F)c4sc(NC(=O)OC(C)(C)C)nc34)c(F)c2n1. The summed E-state index contributed by atoms with van der Waals surface area (Å²) in [6.07, 6.45) is 2.66. The van der Waals surface area contributed by atoms with Crippen LogP contribution in [-0.4, -0.2) is 63.5 Å². The smallest absolute Gasteiger partial charge is 0.413 e. The van der Waals surface area contributed by atoms with Crippen molar-refractivity contribution in [1.29, 1.82) is 0 Å². The van der Waals surface area contributed by atoms with Gasteiger partial charge in [0.2, 0.25) is 0 Å². The Morgan fingerprint density at radius 1 is 1.07 bits per heavy atom. The number of halogens is 2. The van der Waals surface area contributed by atoms with E-state index in [1.54, 1.807) is 20.8 Å². The molecule has 4 aromatic rings. The van der Waals surface area contributed by atoms with Crippen molar-refractivity contribution in [3.8, 4) is 17.3 Å². The molecule has 2 atom stereocenters. The van der Waals surface area contributed by atoms with E-state index in [1.165, 1.54) is 23.8 Å². The van der Waals surface area contributed by atoms with Gasteiger partial charge in [0, 0.05) is 36.8 Å². The average Bonchev–Trinajstić information content (AvgIpc) is 3.61. The second-order valence-corrected chi connectivity index (χ2v) is 13.3. The molecule has 226 valence electrons. The topological polar surface area (TPSA) is 124 Å². The number of hydrogen-bond donors (Lipinski definition) is 2. The minimum atomic E-state index is -0.752. The Morgan fingerprint density at radius 3 is 2.44 bits per heavy atom. The van der Waals surface area contributed by atoms with Crippen LogP contribution in [0.1, 0.15) is 52.5 Å². The lowest BCUT2D eigenvalue weighted by Crippen LogP contribution is -2.51. The van der Waals surface area contributed by atoms with Crippen LogP contribution < -0.4 is 25.8 Å². The van der Waals surface area contributed by atoms with Crippen LogP contribution in [0.5, 0.6) is 6.01 Å². The fourth-order valence-corrected chi connectivity index (χ4v) is 6.94. The molecule has 2 aliphatic heterocycles. The molecule has 1 amide bonds. The molecule has 0 radical (unpaired) electrons. The molecule has 3 aromatic heterocycles. The summed E-state index contributed by atoms with van der Waals surface area (Å²) in [4.78, 5) is 42.1. The third kappa shape index (κ3) is 4.95. The van der Waals surface area contributed by atoms with E-state index in [2.05, 4.69) is 25.6 Å². The molecule has 11 nitrogen and oxygen atoms in total. The van der Waals surface area contributed by atoms with Gasteiger partial charge in [0.25, 0.3) is 5.56 Å². The van der Waals surface area contributed by atoms with Crippen LogP contribution in [0.15, 0.2) is 16.9 Å². The highest BCUT2D eigenvalue weighted by Gasteiger charge is 2.37. The molecule has 3 fully saturated rings. The highest BCUT2D eigenvalue weighted by molar-refractivity contribution is 7.22. The number of thiazole rings is 1. The maximum atomic E-state index is 16.9. The third-order valence-corrected chi connectivity index (χ3v) is 8.91. The first-order valence-corrected chi connectivity index (χ1v) is 15.1. The van der Waals surface area contributed by atoms with E-state index in [0.717, 1.165) is 24.2 Å². The van der Waals surface area contributed by atoms with Crippen LogP contribution in [0.4, 0.5) is 24.5 Å².